The molecule has 0 saturated carbocycles. The first-order valence-corrected chi connectivity index (χ1v) is 9.38. The lowest BCUT2D eigenvalue weighted by molar-refractivity contribution is -0.384. The third-order valence-electron chi connectivity index (χ3n) is 4.14. The Balaban J connectivity index is 1.95. The molecule has 148 valence electrons. The maximum absolute atomic E-state index is 12.4. The average molecular weight is 411 g/mol. The number of fused-ring (bicyclic) bond motifs is 1. The average Bonchev–Trinajstić information content (AvgIpc) is 3.04. The van der Waals surface area contributed by atoms with E-state index in [9.17, 15) is 19.7 Å². The molecule has 0 aliphatic heterocycles. The van der Waals surface area contributed by atoms with E-state index in [1.54, 1.807) is 24.3 Å². The number of esters is 1. The molecule has 1 amide bonds. The van der Waals surface area contributed by atoms with Crippen molar-refractivity contribution in [1.82, 2.24) is 4.57 Å². The number of ether oxygens (including phenoxy) is 1. The molecule has 0 spiro atoms. The Morgan fingerprint density at radius 1 is 1.28 bits per heavy atom. The van der Waals surface area contributed by atoms with Gasteiger partial charge in [-0.2, -0.15) is 4.99 Å². The summed E-state index contributed by atoms with van der Waals surface area (Å²) in [5.74, 6) is -0.820. The molecule has 0 bridgehead atoms. The van der Waals surface area contributed by atoms with Crippen LogP contribution in [0.2, 0.25) is 0 Å². The summed E-state index contributed by atoms with van der Waals surface area (Å²) in [5.41, 5.74) is 1.83. The van der Waals surface area contributed by atoms with Gasteiger partial charge in [0.25, 0.3) is 11.6 Å². The summed E-state index contributed by atoms with van der Waals surface area (Å²) >= 11 is 1.28. The predicted octanol–water partition coefficient (Wildman–Crippen LogP) is 3.25. The summed E-state index contributed by atoms with van der Waals surface area (Å²) in [4.78, 5) is 39.1. The summed E-state index contributed by atoms with van der Waals surface area (Å²) in [7, 11) is 1.32. The molecular formula is C20H17N3O5S. The number of non-ortho nitro benzene ring substituents is 1. The van der Waals surface area contributed by atoms with Gasteiger partial charge in [-0.25, -0.2) is 4.79 Å². The van der Waals surface area contributed by atoms with Gasteiger partial charge in [-0.3, -0.25) is 14.9 Å². The Morgan fingerprint density at radius 2 is 2.00 bits per heavy atom. The molecule has 3 aromatic rings. The molecule has 1 heterocycles. The largest absolute Gasteiger partial charge is 0.465 e. The van der Waals surface area contributed by atoms with Crippen molar-refractivity contribution in [2.45, 2.75) is 13.0 Å². The molecule has 0 atom stereocenters. The molecule has 0 saturated heterocycles. The van der Waals surface area contributed by atoms with E-state index in [4.69, 9.17) is 4.74 Å². The number of nitrogens with zero attached hydrogens (tertiary/aromatic N) is 3. The molecule has 29 heavy (non-hydrogen) atoms. The maximum atomic E-state index is 12.4. The summed E-state index contributed by atoms with van der Waals surface area (Å²) in [5, 5.41) is 10.7. The topological polar surface area (TPSA) is 104 Å². The summed E-state index contributed by atoms with van der Waals surface area (Å²) in [6, 6.07) is 10.9. The standard InChI is InChI=1S/C20H17N3O5S/c1-3-10-22-16-9-6-14(19(25)28-2)12-17(16)29-20(22)21-18(24)11-13-4-7-15(8-5-13)23(26)27/h3-9,12H,1,10-11H2,2H3. The van der Waals surface area contributed by atoms with Crippen molar-refractivity contribution >= 4 is 39.1 Å². The fourth-order valence-electron chi connectivity index (χ4n) is 2.77. The van der Waals surface area contributed by atoms with Crippen molar-refractivity contribution in [2.75, 3.05) is 7.11 Å². The SMILES string of the molecule is C=CCn1c(=NC(=O)Cc2ccc([N+](=O)[O-])cc2)sc2cc(C(=O)OC)ccc21. The molecule has 0 fully saturated rings. The number of amides is 1. The van der Waals surface area contributed by atoms with Crippen molar-refractivity contribution in [2.24, 2.45) is 4.99 Å². The van der Waals surface area contributed by atoms with E-state index in [-0.39, 0.29) is 18.0 Å². The second kappa shape index (κ2) is 8.61. The van der Waals surface area contributed by atoms with Gasteiger partial charge >= 0.3 is 5.97 Å². The highest BCUT2D eigenvalue weighted by Crippen LogP contribution is 2.20. The summed E-state index contributed by atoms with van der Waals surface area (Å²) < 4.78 is 7.37. The predicted molar refractivity (Wildman–Crippen MR) is 109 cm³/mol. The number of allylic oxidation sites excluding steroid dienone is 1. The minimum absolute atomic E-state index is 0.0216. The molecule has 0 N–H and O–H groups in total. The van der Waals surface area contributed by atoms with Gasteiger partial charge in [0.15, 0.2) is 4.80 Å². The molecule has 2 aromatic carbocycles. The van der Waals surface area contributed by atoms with Gasteiger partial charge < -0.3 is 9.30 Å². The number of carbonyl (C=O) groups is 2. The van der Waals surface area contributed by atoms with Crippen LogP contribution in [0.3, 0.4) is 0 Å². The maximum Gasteiger partial charge on any atom is 0.337 e. The highest BCUT2D eigenvalue weighted by atomic mass is 32.1. The first-order valence-electron chi connectivity index (χ1n) is 8.56. The second-order valence-corrected chi connectivity index (χ2v) is 7.07. The van der Waals surface area contributed by atoms with E-state index in [1.165, 1.54) is 42.7 Å². The number of rotatable bonds is 6. The Morgan fingerprint density at radius 3 is 2.62 bits per heavy atom. The third kappa shape index (κ3) is 4.46. The second-order valence-electron chi connectivity index (χ2n) is 6.06. The van der Waals surface area contributed by atoms with Crippen LogP contribution in [0.25, 0.3) is 10.2 Å². The Kier molecular flexibility index (Phi) is 5.99. The molecule has 0 unspecified atom stereocenters. The Hall–Kier alpha value is -3.59. The quantitative estimate of drug-likeness (QED) is 0.268. The van der Waals surface area contributed by atoms with Gasteiger partial charge in [-0.15, -0.1) is 6.58 Å². The van der Waals surface area contributed by atoms with Crippen LogP contribution < -0.4 is 4.80 Å². The lowest BCUT2D eigenvalue weighted by atomic mass is 10.1. The van der Waals surface area contributed by atoms with E-state index < -0.39 is 10.9 Å². The Labute approximate surface area is 169 Å². The van der Waals surface area contributed by atoms with Gasteiger partial charge in [-0.05, 0) is 23.8 Å². The number of thiazole rings is 1. The fraction of sp³-hybridized carbons (Fsp3) is 0.150. The molecular weight excluding hydrogens is 394 g/mol. The lowest BCUT2D eigenvalue weighted by Gasteiger charge is -2.02. The molecule has 9 heteroatoms. The van der Waals surface area contributed by atoms with Gasteiger partial charge in [0.1, 0.15) is 0 Å². The van der Waals surface area contributed by atoms with E-state index >= 15 is 0 Å². The number of nitro benzene ring substituents is 1. The molecule has 0 aliphatic carbocycles. The van der Waals surface area contributed by atoms with Crippen LogP contribution in [0.15, 0.2) is 60.1 Å². The van der Waals surface area contributed by atoms with E-state index in [2.05, 4.69) is 11.6 Å². The summed E-state index contributed by atoms with van der Waals surface area (Å²) in [6.45, 7) is 4.19. The highest BCUT2D eigenvalue weighted by Gasteiger charge is 2.12. The smallest absolute Gasteiger partial charge is 0.337 e. The van der Waals surface area contributed by atoms with E-state index in [1.807, 2.05) is 4.57 Å². The lowest BCUT2D eigenvalue weighted by Crippen LogP contribution is -2.17. The molecule has 0 aliphatic rings. The number of methoxy groups -OCH3 is 1. The number of benzene rings is 2. The monoisotopic (exact) mass is 411 g/mol. The van der Waals surface area contributed by atoms with Crippen molar-refractivity contribution < 1.29 is 19.2 Å². The minimum atomic E-state index is -0.492. The number of nitro groups is 1. The zero-order chi connectivity index (χ0) is 21.0. The number of hydrogen-bond donors (Lipinski definition) is 0. The van der Waals surface area contributed by atoms with Crippen LogP contribution in [-0.4, -0.2) is 28.5 Å². The minimum Gasteiger partial charge on any atom is -0.465 e. The van der Waals surface area contributed by atoms with Gasteiger partial charge in [0.2, 0.25) is 0 Å². The Bertz CT molecular complexity index is 1180. The van der Waals surface area contributed by atoms with Crippen LogP contribution in [0.4, 0.5) is 5.69 Å². The number of aromatic nitrogens is 1. The third-order valence-corrected chi connectivity index (χ3v) is 5.18. The van der Waals surface area contributed by atoms with Crippen molar-refractivity contribution in [3.05, 3.63) is 81.2 Å². The van der Waals surface area contributed by atoms with Crippen LogP contribution in [0.5, 0.6) is 0 Å². The molecule has 3 rings (SSSR count). The van der Waals surface area contributed by atoms with Crippen LogP contribution >= 0.6 is 11.3 Å². The number of hydrogen-bond acceptors (Lipinski definition) is 6. The van der Waals surface area contributed by atoms with E-state index in [0.29, 0.717) is 22.5 Å². The van der Waals surface area contributed by atoms with Crippen molar-refractivity contribution in [3.8, 4) is 0 Å². The first-order chi connectivity index (χ1) is 13.9. The van der Waals surface area contributed by atoms with Crippen LogP contribution in [0, 0.1) is 10.1 Å². The highest BCUT2D eigenvalue weighted by molar-refractivity contribution is 7.16. The summed E-state index contributed by atoms with van der Waals surface area (Å²) in [6.07, 6.45) is 1.72. The van der Waals surface area contributed by atoms with Gasteiger partial charge in [-0.1, -0.05) is 29.5 Å². The molecule has 0 radical (unpaired) electrons. The van der Waals surface area contributed by atoms with Crippen LogP contribution in [0.1, 0.15) is 15.9 Å². The van der Waals surface area contributed by atoms with Crippen molar-refractivity contribution in [1.29, 1.82) is 0 Å². The van der Waals surface area contributed by atoms with Crippen molar-refractivity contribution in [3.63, 3.8) is 0 Å². The zero-order valence-corrected chi connectivity index (χ0v) is 16.3. The van der Waals surface area contributed by atoms with Crippen LogP contribution in [-0.2, 0) is 22.5 Å². The normalized spacial score (nSPS) is 11.4. The molecule has 1 aromatic heterocycles. The van der Waals surface area contributed by atoms with Gasteiger partial charge in [0, 0.05) is 18.7 Å². The van der Waals surface area contributed by atoms with Gasteiger partial charge in [0.05, 0.1) is 34.2 Å². The zero-order valence-electron chi connectivity index (χ0n) is 15.5. The number of carbonyl (C=O) groups excluding carboxylic acids is 2. The molecule has 8 nitrogen and oxygen atoms in total. The first kappa shape index (κ1) is 20.2. The van der Waals surface area contributed by atoms with E-state index in [0.717, 1.165) is 10.2 Å². The fourth-order valence-corrected chi connectivity index (χ4v) is 3.86.